The fourth-order valence-corrected chi connectivity index (χ4v) is 1.28. The van der Waals surface area contributed by atoms with Crippen LogP contribution in [-0.4, -0.2) is 12.6 Å². The average molecular weight is 223 g/mol. The van der Waals surface area contributed by atoms with Gasteiger partial charge >= 0.3 is 0 Å². The molecular weight excluding hydrogens is 202 g/mol. The SMILES string of the molecule is CC=CCOCc1occc1CNC(C)C. The predicted molar refractivity (Wildman–Crippen MR) is 65.2 cm³/mol. The van der Waals surface area contributed by atoms with Gasteiger partial charge in [0.2, 0.25) is 0 Å². The van der Waals surface area contributed by atoms with Crippen molar-refractivity contribution >= 4 is 0 Å². The van der Waals surface area contributed by atoms with Crippen LogP contribution >= 0.6 is 0 Å². The van der Waals surface area contributed by atoms with Crippen LogP contribution in [0, 0.1) is 0 Å². The first-order valence-corrected chi connectivity index (χ1v) is 5.71. The van der Waals surface area contributed by atoms with Crippen LogP contribution in [0.15, 0.2) is 28.9 Å². The van der Waals surface area contributed by atoms with Crippen LogP contribution in [0.1, 0.15) is 32.1 Å². The smallest absolute Gasteiger partial charge is 0.133 e. The number of hydrogen-bond acceptors (Lipinski definition) is 3. The van der Waals surface area contributed by atoms with Crippen molar-refractivity contribution in [2.24, 2.45) is 0 Å². The van der Waals surface area contributed by atoms with Crippen LogP contribution in [0.2, 0.25) is 0 Å². The van der Waals surface area contributed by atoms with Crippen LogP contribution in [0.4, 0.5) is 0 Å². The molecule has 3 nitrogen and oxygen atoms in total. The first kappa shape index (κ1) is 13.0. The number of rotatable bonds is 7. The Morgan fingerprint density at radius 1 is 1.50 bits per heavy atom. The summed E-state index contributed by atoms with van der Waals surface area (Å²) < 4.78 is 10.8. The molecule has 1 rings (SSSR count). The van der Waals surface area contributed by atoms with E-state index in [9.17, 15) is 0 Å². The third-order valence-corrected chi connectivity index (χ3v) is 2.22. The summed E-state index contributed by atoms with van der Waals surface area (Å²) in [5.74, 6) is 0.914. The number of ether oxygens (including phenoxy) is 1. The van der Waals surface area contributed by atoms with Gasteiger partial charge in [0.1, 0.15) is 12.4 Å². The highest BCUT2D eigenvalue weighted by molar-refractivity contribution is 5.16. The number of nitrogens with one attached hydrogen (secondary N) is 1. The highest BCUT2D eigenvalue weighted by atomic mass is 16.5. The van der Waals surface area contributed by atoms with Crippen molar-refractivity contribution in [3.05, 3.63) is 35.8 Å². The standard InChI is InChI=1S/C13H21NO2/c1-4-5-7-15-10-13-12(6-8-16-13)9-14-11(2)3/h4-6,8,11,14H,7,9-10H2,1-3H3. The van der Waals surface area contributed by atoms with E-state index in [1.54, 1.807) is 6.26 Å². The molecule has 0 atom stereocenters. The van der Waals surface area contributed by atoms with Crippen LogP contribution in [-0.2, 0) is 17.9 Å². The van der Waals surface area contributed by atoms with Gasteiger partial charge in [-0.2, -0.15) is 0 Å². The van der Waals surface area contributed by atoms with Crippen LogP contribution < -0.4 is 5.32 Å². The zero-order valence-corrected chi connectivity index (χ0v) is 10.3. The molecule has 1 aromatic rings. The topological polar surface area (TPSA) is 34.4 Å². The molecule has 90 valence electrons. The van der Waals surface area contributed by atoms with E-state index in [4.69, 9.17) is 9.15 Å². The van der Waals surface area contributed by atoms with E-state index < -0.39 is 0 Å². The zero-order chi connectivity index (χ0) is 11.8. The summed E-state index contributed by atoms with van der Waals surface area (Å²) in [6.45, 7) is 8.23. The second-order valence-corrected chi connectivity index (χ2v) is 3.99. The maximum Gasteiger partial charge on any atom is 0.133 e. The summed E-state index contributed by atoms with van der Waals surface area (Å²) in [5, 5.41) is 3.36. The van der Waals surface area contributed by atoms with E-state index >= 15 is 0 Å². The Hall–Kier alpha value is -1.06. The molecular formula is C13H21NO2. The molecule has 0 unspecified atom stereocenters. The molecule has 0 aliphatic rings. The second-order valence-electron chi connectivity index (χ2n) is 3.99. The summed E-state index contributed by atoms with van der Waals surface area (Å²) in [6, 6.07) is 2.47. The minimum atomic E-state index is 0.478. The molecule has 0 aliphatic carbocycles. The largest absolute Gasteiger partial charge is 0.467 e. The Balaban J connectivity index is 2.37. The summed E-state index contributed by atoms with van der Waals surface area (Å²) in [4.78, 5) is 0. The normalized spacial score (nSPS) is 11.8. The summed E-state index contributed by atoms with van der Waals surface area (Å²) >= 11 is 0. The average Bonchev–Trinajstić information content (AvgIpc) is 2.69. The van der Waals surface area contributed by atoms with Gasteiger partial charge in [-0.1, -0.05) is 26.0 Å². The Labute approximate surface area is 97.5 Å². The molecule has 0 aromatic carbocycles. The Kier molecular flexibility index (Phi) is 5.90. The highest BCUT2D eigenvalue weighted by Gasteiger charge is 2.06. The van der Waals surface area contributed by atoms with Crippen molar-refractivity contribution in [2.45, 2.75) is 40.0 Å². The number of hydrogen-bond donors (Lipinski definition) is 1. The minimum Gasteiger partial charge on any atom is -0.467 e. The van der Waals surface area contributed by atoms with E-state index in [2.05, 4.69) is 19.2 Å². The molecule has 0 saturated carbocycles. The Morgan fingerprint density at radius 2 is 2.31 bits per heavy atom. The van der Waals surface area contributed by atoms with Crippen LogP contribution in [0.3, 0.4) is 0 Å². The van der Waals surface area contributed by atoms with Gasteiger partial charge in [-0.05, 0) is 13.0 Å². The summed E-state index contributed by atoms with van der Waals surface area (Å²) in [6.07, 6.45) is 5.67. The molecule has 0 radical (unpaired) electrons. The molecule has 0 amide bonds. The van der Waals surface area contributed by atoms with Crippen molar-refractivity contribution in [3.63, 3.8) is 0 Å². The maximum absolute atomic E-state index is 5.46. The van der Waals surface area contributed by atoms with Gasteiger partial charge < -0.3 is 14.5 Å². The summed E-state index contributed by atoms with van der Waals surface area (Å²) in [5.41, 5.74) is 1.18. The molecule has 3 heteroatoms. The number of allylic oxidation sites excluding steroid dienone is 1. The van der Waals surface area contributed by atoms with E-state index in [-0.39, 0.29) is 0 Å². The third-order valence-electron chi connectivity index (χ3n) is 2.22. The molecule has 1 N–H and O–H groups in total. The lowest BCUT2D eigenvalue weighted by molar-refractivity contribution is 0.130. The molecule has 0 spiro atoms. The fourth-order valence-electron chi connectivity index (χ4n) is 1.28. The monoisotopic (exact) mass is 223 g/mol. The van der Waals surface area contributed by atoms with Gasteiger partial charge in [0.25, 0.3) is 0 Å². The predicted octanol–water partition coefficient (Wildman–Crippen LogP) is 2.87. The molecule has 0 bridgehead atoms. The minimum absolute atomic E-state index is 0.478. The van der Waals surface area contributed by atoms with Gasteiger partial charge in [0, 0.05) is 18.2 Å². The quantitative estimate of drug-likeness (QED) is 0.570. The van der Waals surface area contributed by atoms with Gasteiger partial charge in [-0.15, -0.1) is 0 Å². The third kappa shape index (κ3) is 4.64. The molecule has 16 heavy (non-hydrogen) atoms. The molecule has 0 saturated heterocycles. The Morgan fingerprint density at radius 3 is 3.00 bits per heavy atom. The Bertz CT molecular complexity index is 315. The van der Waals surface area contributed by atoms with Gasteiger partial charge in [0.15, 0.2) is 0 Å². The first-order valence-electron chi connectivity index (χ1n) is 5.71. The van der Waals surface area contributed by atoms with Crippen LogP contribution in [0.25, 0.3) is 0 Å². The highest BCUT2D eigenvalue weighted by Crippen LogP contribution is 2.11. The molecule has 1 aromatic heterocycles. The maximum atomic E-state index is 5.46. The van der Waals surface area contributed by atoms with E-state index in [1.165, 1.54) is 5.56 Å². The van der Waals surface area contributed by atoms with Crippen molar-refractivity contribution < 1.29 is 9.15 Å². The molecule has 0 aliphatic heterocycles. The van der Waals surface area contributed by atoms with Gasteiger partial charge in [-0.3, -0.25) is 0 Å². The van der Waals surface area contributed by atoms with Crippen molar-refractivity contribution in [1.82, 2.24) is 5.32 Å². The van der Waals surface area contributed by atoms with Crippen molar-refractivity contribution in [1.29, 1.82) is 0 Å². The van der Waals surface area contributed by atoms with Crippen molar-refractivity contribution in [3.8, 4) is 0 Å². The van der Waals surface area contributed by atoms with E-state index in [0.717, 1.165) is 12.3 Å². The lowest BCUT2D eigenvalue weighted by Crippen LogP contribution is -2.22. The van der Waals surface area contributed by atoms with E-state index in [0.29, 0.717) is 19.3 Å². The van der Waals surface area contributed by atoms with Gasteiger partial charge in [0.05, 0.1) is 12.9 Å². The lowest BCUT2D eigenvalue weighted by atomic mass is 10.2. The van der Waals surface area contributed by atoms with Gasteiger partial charge in [-0.25, -0.2) is 0 Å². The summed E-state index contributed by atoms with van der Waals surface area (Å²) in [7, 11) is 0. The zero-order valence-electron chi connectivity index (χ0n) is 10.3. The molecule has 0 fully saturated rings. The molecule has 1 heterocycles. The second kappa shape index (κ2) is 7.25. The number of furan rings is 1. The van der Waals surface area contributed by atoms with E-state index in [1.807, 2.05) is 25.1 Å². The fraction of sp³-hybridized carbons (Fsp3) is 0.538. The van der Waals surface area contributed by atoms with Crippen LogP contribution in [0.5, 0.6) is 0 Å². The first-order chi connectivity index (χ1) is 7.74. The lowest BCUT2D eigenvalue weighted by Gasteiger charge is -2.07. The van der Waals surface area contributed by atoms with Crippen molar-refractivity contribution in [2.75, 3.05) is 6.61 Å².